The van der Waals surface area contributed by atoms with Gasteiger partial charge in [0.15, 0.2) is 0 Å². The van der Waals surface area contributed by atoms with Crippen molar-refractivity contribution in [3.05, 3.63) is 22.2 Å². The molecule has 1 rings (SSSR count). The number of aliphatic hydroxyl groups excluding tert-OH is 1. The lowest BCUT2D eigenvalue weighted by Gasteiger charge is -2.09. The van der Waals surface area contributed by atoms with Crippen molar-refractivity contribution in [1.29, 1.82) is 0 Å². The van der Waals surface area contributed by atoms with Crippen molar-refractivity contribution >= 4 is 33.2 Å². The van der Waals surface area contributed by atoms with E-state index >= 15 is 0 Å². The fourth-order valence-electron chi connectivity index (χ4n) is 1.06. The molecule has 1 aromatic rings. The van der Waals surface area contributed by atoms with Gasteiger partial charge in [-0.3, -0.25) is 0 Å². The van der Waals surface area contributed by atoms with E-state index in [-0.39, 0.29) is 33.8 Å². The zero-order valence-corrected chi connectivity index (χ0v) is 10.3. The molecule has 0 radical (unpaired) electrons. The Morgan fingerprint density at radius 3 is 2.19 bits per heavy atom. The second kappa shape index (κ2) is 5.20. The summed E-state index contributed by atoms with van der Waals surface area (Å²) in [6, 6.07) is 2.14. The molecule has 3 N–H and O–H groups in total. The van der Waals surface area contributed by atoms with E-state index in [1.54, 1.807) is 0 Å². The van der Waals surface area contributed by atoms with E-state index in [2.05, 4.69) is 4.72 Å². The van der Waals surface area contributed by atoms with E-state index in [9.17, 15) is 8.42 Å². The molecule has 0 amide bonds. The average molecular weight is 286 g/mol. The van der Waals surface area contributed by atoms with Crippen molar-refractivity contribution in [2.24, 2.45) is 0 Å². The summed E-state index contributed by atoms with van der Waals surface area (Å²) in [6.07, 6.45) is 0. The highest BCUT2D eigenvalue weighted by molar-refractivity contribution is 7.89. The highest BCUT2D eigenvalue weighted by atomic mass is 35.5. The van der Waals surface area contributed by atoms with Crippen molar-refractivity contribution in [1.82, 2.24) is 4.72 Å². The minimum Gasteiger partial charge on any atom is -0.508 e. The lowest BCUT2D eigenvalue weighted by Crippen LogP contribution is -2.27. The number of hydrogen-bond donors (Lipinski definition) is 3. The highest BCUT2D eigenvalue weighted by Crippen LogP contribution is 2.32. The third-order valence-corrected chi connectivity index (χ3v) is 4.04. The van der Waals surface area contributed by atoms with Crippen LogP contribution in [0.1, 0.15) is 0 Å². The maximum Gasteiger partial charge on any atom is 0.243 e. The molecule has 0 aliphatic heterocycles. The number of sulfonamides is 1. The largest absolute Gasteiger partial charge is 0.508 e. The van der Waals surface area contributed by atoms with Crippen LogP contribution < -0.4 is 4.72 Å². The Balaban J connectivity index is 3.23. The van der Waals surface area contributed by atoms with Crippen LogP contribution in [-0.2, 0) is 10.0 Å². The Hall–Kier alpha value is -0.530. The fraction of sp³-hybridized carbons (Fsp3) is 0.250. The van der Waals surface area contributed by atoms with E-state index in [1.165, 1.54) is 0 Å². The van der Waals surface area contributed by atoms with E-state index in [0.717, 1.165) is 12.1 Å². The first-order valence-corrected chi connectivity index (χ1v) is 6.41. The van der Waals surface area contributed by atoms with Gasteiger partial charge < -0.3 is 10.2 Å². The third kappa shape index (κ3) is 2.99. The molecule has 0 atom stereocenters. The van der Waals surface area contributed by atoms with Gasteiger partial charge in [-0.25, -0.2) is 13.1 Å². The van der Waals surface area contributed by atoms with Gasteiger partial charge in [0, 0.05) is 6.54 Å². The summed E-state index contributed by atoms with van der Waals surface area (Å²) in [6.45, 7) is -0.484. The number of nitrogens with one attached hydrogen (secondary N) is 1. The van der Waals surface area contributed by atoms with Crippen LogP contribution in [0.2, 0.25) is 10.0 Å². The standard InChI is InChI=1S/C8H9Cl2NO4S/c9-6-3-5(13)4-7(10)8(6)16(14,15)11-1-2-12/h3-4,11-13H,1-2H2. The van der Waals surface area contributed by atoms with E-state index in [1.807, 2.05) is 0 Å². The Morgan fingerprint density at radius 2 is 1.75 bits per heavy atom. The minimum absolute atomic E-state index is 0.143. The molecular formula is C8H9Cl2NO4S. The molecule has 0 aliphatic rings. The minimum atomic E-state index is -3.89. The molecule has 90 valence electrons. The number of phenols is 1. The topological polar surface area (TPSA) is 86.6 Å². The number of aliphatic hydroxyl groups is 1. The Morgan fingerprint density at radius 1 is 1.25 bits per heavy atom. The molecule has 0 spiro atoms. The first-order chi connectivity index (χ1) is 7.38. The van der Waals surface area contributed by atoms with Crippen LogP contribution in [0.4, 0.5) is 0 Å². The van der Waals surface area contributed by atoms with Gasteiger partial charge in [0.2, 0.25) is 10.0 Å². The van der Waals surface area contributed by atoms with Crippen molar-refractivity contribution < 1.29 is 18.6 Å². The van der Waals surface area contributed by atoms with Gasteiger partial charge in [-0.2, -0.15) is 0 Å². The molecule has 0 saturated heterocycles. The molecule has 0 aliphatic carbocycles. The summed E-state index contributed by atoms with van der Waals surface area (Å²) in [5.41, 5.74) is 0. The van der Waals surface area contributed by atoms with Crippen molar-refractivity contribution in [2.75, 3.05) is 13.2 Å². The van der Waals surface area contributed by atoms with Gasteiger partial charge in [-0.05, 0) is 12.1 Å². The SMILES string of the molecule is O=S(=O)(NCCO)c1c(Cl)cc(O)cc1Cl. The number of phenolic OH excluding ortho intramolecular Hbond substituents is 1. The summed E-state index contributed by atoms with van der Waals surface area (Å²) in [5, 5.41) is 17.3. The van der Waals surface area contributed by atoms with Gasteiger partial charge in [0.05, 0.1) is 16.7 Å². The predicted octanol–water partition coefficient (Wildman–Crippen LogP) is 0.970. The quantitative estimate of drug-likeness (QED) is 0.769. The van der Waals surface area contributed by atoms with Crippen LogP contribution in [0.5, 0.6) is 5.75 Å². The fourth-order valence-corrected chi connectivity index (χ4v) is 3.28. The lowest BCUT2D eigenvalue weighted by molar-refractivity contribution is 0.301. The smallest absolute Gasteiger partial charge is 0.243 e. The number of aromatic hydroxyl groups is 1. The van der Waals surface area contributed by atoms with Crippen molar-refractivity contribution in [3.8, 4) is 5.75 Å². The van der Waals surface area contributed by atoms with E-state index in [4.69, 9.17) is 33.4 Å². The first kappa shape index (κ1) is 13.5. The summed E-state index contributed by atoms with van der Waals surface area (Å²) in [7, 11) is -3.89. The number of hydrogen-bond acceptors (Lipinski definition) is 4. The maximum absolute atomic E-state index is 11.7. The molecule has 0 aromatic heterocycles. The molecule has 1 aromatic carbocycles. The summed E-state index contributed by atoms with van der Waals surface area (Å²) in [4.78, 5) is -0.318. The van der Waals surface area contributed by atoms with Gasteiger partial charge in [0.1, 0.15) is 10.6 Å². The van der Waals surface area contributed by atoms with Crippen LogP contribution in [-0.4, -0.2) is 31.8 Å². The third-order valence-electron chi connectivity index (χ3n) is 1.66. The second-order valence-corrected chi connectivity index (χ2v) is 5.38. The lowest BCUT2D eigenvalue weighted by atomic mass is 10.3. The highest BCUT2D eigenvalue weighted by Gasteiger charge is 2.21. The predicted molar refractivity (Wildman–Crippen MR) is 60.4 cm³/mol. The van der Waals surface area contributed by atoms with Gasteiger partial charge in [-0.1, -0.05) is 23.2 Å². The van der Waals surface area contributed by atoms with Crippen molar-refractivity contribution in [2.45, 2.75) is 4.90 Å². The monoisotopic (exact) mass is 285 g/mol. The molecule has 0 heterocycles. The average Bonchev–Trinajstić information content (AvgIpc) is 2.12. The normalized spacial score (nSPS) is 11.7. The molecular weight excluding hydrogens is 277 g/mol. The number of benzene rings is 1. The molecule has 16 heavy (non-hydrogen) atoms. The van der Waals surface area contributed by atoms with Crippen LogP contribution in [0.25, 0.3) is 0 Å². The maximum atomic E-state index is 11.7. The summed E-state index contributed by atoms with van der Waals surface area (Å²) >= 11 is 11.3. The Kier molecular flexibility index (Phi) is 4.40. The molecule has 0 fully saturated rings. The van der Waals surface area contributed by atoms with Gasteiger partial charge in [-0.15, -0.1) is 0 Å². The van der Waals surface area contributed by atoms with Crippen LogP contribution >= 0.6 is 23.2 Å². The second-order valence-electron chi connectivity index (χ2n) is 2.86. The zero-order valence-electron chi connectivity index (χ0n) is 7.94. The molecule has 8 heteroatoms. The van der Waals surface area contributed by atoms with Crippen LogP contribution in [0.3, 0.4) is 0 Å². The molecule has 5 nitrogen and oxygen atoms in total. The van der Waals surface area contributed by atoms with Gasteiger partial charge in [0.25, 0.3) is 0 Å². The Labute approximate surface area is 103 Å². The van der Waals surface area contributed by atoms with E-state index < -0.39 is 10.0 Å². The first-order valence-electron chi connectivity index (χ1n) is 4.17. The van der Waals surface area contributed by atoms with Crippen LogP contribution in [0, 0.1) is 0 Å². The van der Waals surface area contributed by atoms with Crippen LogP contribution in [0.15, 0.2) is 17.0 Å². The van der Waals surface area contributed by atoms with Gasteiger partial charge >= 0.3 is 0 Å². The molecule has 0 bridgehead atoms. The Bertz CT molecular complexity index is 466. The summed E-state index contributed by atoms with van der Waals surface area (Å²) < 4.78 is 25.4. The number of halogens is 2. The number of rotatable bonds is 4. The zero-order chi connectivity index (χ0) is 12.3. The van der Waals surface area contributed by atoms with E-state index in [0.29, 0.717) is 0 Å². The van der Waals surface area contributed by atoms with Crippen molar-refractivity contribution in [3.63, 3.8) is 0 Å². The molecule has 0 saturated carbocycles. The molecule has 0 unspecified atom stereocenters. The summed E-state index contributed by atoms with van der Waals surface area (Å²) in [5.74, 6) is -0.226.